The summed E-state index contributed by atoms with van der Waals surface area (Å²) in [6, 6.07) is 1.24. The summed E-state index contributed by atoms with van der Waals surface area (Å²) in [5.74, 6) is -3.33. The Morgan fingerprint density at radius 1 is 1.55 bits per heavy atom. The van der Waals surface area contributed by atoms with Crippen LogP contribution < -0.4 is 10.8 Å². The van der Waals surface area contributed by atoms with Gasteiger partial charge in [-0.25, -0.2) is 4.79 Å². The predicted octanol–water partition coefficient (Wildman–Crippen LogP) is 0.546. The summed E-state index contributed by atoms with van der Waals surface area (Å²) in [5, 5.41) is 11.2. The van der Waals surface area contributed by atoms with E-state index >= 15 is 0 Å². The molecule has 0 spiro atoms. The molecule has 1 unspecified atom stereocenters. The van der Waals surface area contributed by atoms with Crippen LogP contribution in [-0.2, 0) is 14.3 Å². The van der Waals surface area contributed by atoms with Crippen molar-refractivity contribution >= 4 is 34.9 Å². The van der Waals surface area contributed by atoms with Crippen LogP contribution in [-0.4, -0.2) is 24.7 Å². The van der Waals surface area contributed by atoms with Gasteiger partial charge in [-0.2, -0.15) is 13.2 Å². The van der Waals surface area contributed by atoms with E-state index in [2.05, 4.69) is 5.73 Å². The average Bonchev–Trinajstić information content (AvgIpc) is 2.74. The van der Waals surface area contributed by atoms with Crippen molar-refractivity contribution in [2.45, 2.75) is 19.1 Å². The maximum atomic E-state index is 11.3. The summed E-state index contributed by atoms with van der Waals surface area (Å²) in [7, 11) is 0. The maximum Gasteiger partial charge on any atom is 0.430 e. The minimum absolute atomic E-state index is 0.327. The molecule has 1 heterocycles. The van der Waals surface area contributed by atoms with Crippen molar-refractivity contribution in [1.29, 1.82) is 0 Å². The van der Waals surface area contributed by atoms with Crippen LogP contribution in [0.15, 0.2) is 11.4 Å². The highest BCUT2D eigenvalue weighted by Crippen LogP contribution is 2.26. The third-order valence-electron chi connectivity index (χ3n) is 1.76. The van der Waals surface area contributed by atoms with Crippen LogP contribution in [0, 0.1) is 0 Å². The quantitative estimate of drug-likeness (QED) is 0.817. The minimum atomic E-state index is -5.19. The molecule has 20 heavy (non-hydrogen) atoms. The summed E-state index contributed by atoms with van der Waals surface area (Å²) >= 11 is 7.26. The molecule has 0 amide bonds. The molecule has 0 radical (unpaired) electrons. The highest BCUT2D eigenvalue weighted by molar-refractivity contribution is 7.10. The zero-order valence-electron chi connectivity index (χ0n) is 10.2. The largest absolute Gasteiger partial charge is 0.542 e. The van der Waals surface area contributed by atoms with E-state index in [0.29, 0.717) is 11.6 Å². The van der Waals surface area contributed by atoms with E-state index in [1.54, 1.807) is 13.0 Å². The van der Waals surface area contributed by atoms with Crippen molar-refractivity contribution in [3.63, 3.8) is 0 Å². The lowest BCUT2D eigenvalue weighted by Gasteiger charge is -2.05. The van der Waals surface area contributed by atoms with Gasteiger partial charge in [0.05, 0.1) is 16.5 Å². The number of carbonyl (C=O) groups excluding carboxylic acids is 2. The number of aliphatic carboxylic acids is 1. The molecule has 0 aliphatic heterocycles. The molecule has 0 aliphatic rings. The number of hydrogen-bond donors (Lipinski definition) is 1. The molecule has 1 aromatic heterocycles. The number of carbonyl (C=O) groups is 2. The second kappa shape index (κ2) is 8.08. The summed E-state index contributed by atoms with van der Waals surface area (Å²) in [6.45, 7) is 2.13. The Bertz CT molecular complexity index is 464. The van der Waals surface area contributed by atoms with Gasteiger partial charge in [-0.05, 0) is 18.4 Å². The number of ether oxygens (including phenoxy) is 1. The molecule has 10 heteroatoms. The van der Waals surface area contributed by atoms with E-state index in [9.17, 15) is 18.0 Å². The first-order valence-corrected chi connectivity index (χ1v) is 6.37. The lowest BCUT2D eigenvalue weighted by molar-refractivity contribution is -0.413. The highest BCUT2D eigenvalue weighted by Gasteiger charge is 2.28. The standard InChI is InChI=1S/C8H10ClNO2S.C2HF3O2/c1-2-12-8(11)6(10)7-5(9)3-4-13-7;3-2(4,5)1(6)7/h3-4,6H,2,10H2,1H3;(H,6,7). The first kappa shape index (κ1) is 18.7. The predicted molar refractivity (Wildman–Crippen MR) is 62.7 cm³/mol. The van der Waals surface area contributed by atoms with Crippen LogP contribution in [0.2, 0.25) is 5.02 Å². The number of esters is 1. The maximum absolute atomic E-state index is 11.3. The highest BCUT2D eigenvalue weighted by atomic mass is 35.5. The van der Waals surface area contributed by atoms with Gasteiger partial charge in [-0.3, -0.25) is 0 Å². The molecule has 114 valence electrons. The zero-order chi connectivity index (χ0) is 15.9. The molecule has 0 saturated carbocycles. The Morgan fingerprint density at radius 3 is 2.35 bits per heavy atom. The first-order valence-electron chi connectivity index (χ1n) is 5.12. The van der Waals surface area contributed by atoms with E-state index < -0.39 is 18.2 Å². The molecular weight excluding hydrogens is 323 g/mol. The Kier molecular flexibility index (Phi) is 7.54. The third kappa shape index (κ3) is 6.22. The van der Waals surface area contributed by atoms with Crippen molar-refractivity contribution in [2.24, 2.45) is 0 Å². The number of carboxylic acids is 1. The molecule has 3 N–H and O–H groups in total. The number of halogens is 4. The van der Waals surface area contributed by atoms with Gasteiger partial charge in [0.15, 0.2) is 0 Å². The smallest absolute Gasteiger partial charge is 0.430 e. The minimum Gasteiger partial charge on any atom is -0.542 e. The van der Waals surface area contributed by atoms with Crippen LogP contribution in [0.4, 0.5) is 13.2 Å². The van der Waals surface area contributed by atoms with E-state index in [1.807, 2.05) is 5.38 Å². The van der Waals surface area contributed by atoms with E-state index in [1.165, 1.54) is 11.3 Å². The average molecular weight is 334 g/mol. The van der Waals surface area contributed by atoms with Crippen LogP contribution in [0.1, 0.15) is 17.8 Å². The van der Waals surface area contributed by atoms with Crippen LogP contribution in [0.3, 0.4) is 0 Å². The third-order valence-corrected chi connectivity index (χ3v) is 3.24. The molecule has 0 fully saturated rings. The number of alkyl halides is 3. The van der Waals surface area contributed by atoms with Gasteiger partial charge < -0.3 is 20.4 Å². The van der Waals surface area contributed by atoms with Gasteiger partial charge >= 0.3 is 12.1 Å². The second-order valence-corrected chi connectivity index (χ2v) is 4.58. The normalized spacial score (nSPS) is 12.1. The van der Waals surface area contributed by atoms with E-state index in [-0.39, 0.29) is 5.97 Å². The SMILES string of the molecule is CCOC(=O)C([NH3+])c1sccc1Cl.O=C([O-])C(F)(F)F. The summed E-state index contributed by atoms with van der Waals surface area (Å²) in [6.07, 6.45) is -5.19. The van der Waals surface area contributed by atoms with Crippen molar-refractivity contribution in [1.82, 2.24) is 0 Å². The molecule has 5 nitrogen and oxygen atoms in total. The number of quaternary nitrogens is 1. The van der Waals surface area contributed by atoms with E-state index in [0.717, 1.165) is 4.88 Å². The topological polar surface area (TPSA) is 94.1 Å². The summed E-state index contributed by atoms with van der Waals surface area (Å²) in [4.78, 5) is 20.8. The lowest BCUT2D eigenvalue weighted by Crippen LogP contribution is -2.57. The Labute approximate surface area is 121 Å². The van der Waals surface area contributed by atoms with Crippen molar-refractivity contribution in [3.05, 3.63) is 21.3 Å². The van der Waals surface area contributed by atoms with Crippen LogP contribution in [0.25, 0.3) is 0 Å². The number of carboxylic acid groups (broad SMARTS) is 1. The Hall–Kier alpha value is -1.32. The lowest BCUT2D eigenvalue weighted by atomic mass is 10.2. The fraction of sp³-hybridized carbons (Fsp3) is 0.400. The molecule has 1 rings (SSSR count). The van der Waals surface area contributed by atoms with Gasteiger partial charge in [-0.15, -0.1) is 11.3 Å². The number of thiophene rings is 1. The van der Waals surface area contributed by atoms with E-state index in [4.69, 9.17) is 26.2 Å². The second-order valence-electron chi connectivity index (χ2n) is 3.22. The van der Waals surface area contributed by atoms with Gasteiger partial charge in [0.1, 0.15) is 5.97 Å². The van der Waals surface area contributed by atoms with Gasteiger partial charge in [0.2, 0.25) is 6.04 Å². The molecule has 0 saturated heterocycles. The Morgan fingerprint density at radius 2 is 2.05 bits per heavy atom. The summed E-state index contributed by atoms with van der Waals surface area (Å²) in [5.41, 5.74) is 3.71. The molecular formula is C10H11ClF3NO4S. The Balaban J connectivity index is 0.000000441. The fourth-order valence-corrected chi connectivity index (χ4v) is 2.10. The van der Waals surface area contributed by atoms with Gasteiger partial charge in [0, 0.05) is 0 Å². The van der Waals surface area contributed by atoms with Crippen molar-refractivity contribution in [3.8, 4) is 0 Å². The number of rotatable bonds is 3. The van der Waals surface area contributed by atoms with Crippen LogP contribution in [0.5, 0.6) is 0 Å². The molecule has 0 bridgehead atoms. The summed E-state index contributed by atoms with van der Waals surface area (Å²) < 4.78 is 36.4. The van der Waals surface area contributed by atoms with Gasteiger partial charge in [0.25, 0.3) is 0 Å². The van der Waals surface area contributed by atoms with Gasteiger partial charge in [-0.1, -0.05) is 11.6 Å². The first-order chi connectivity index (χ1) is 9.11. The number of hydrogen-bond acceptors (Lipinski definition) is 5. The fourth-order valence-electron chi connectivity index (χ4n) is 0.904. The zero-order valence-corrected chi connectivity index (χ0v) is 11.8. The molecule has 1 atom stereocenters. The van der Waals surface area contributed by atoms with Crippen LogP contribution >= 0.6 is 22.9 Å². The van der Waals surface area contributed by atoms with Crippen molar-refractivity contribution < 1.29 is 38.3 Å². The molecule has 0 aliphatic carbocycles. The molecule has 1 aromatic rings. The monoisotopic (exact) mass is 333 g/mol. The molecule has 0 aromatic carbocycles. The van der Waals surface area contributed by atoms with Crippen molar-refractivity contribution in [2.75, 3.05) is 6.61 Å².